The number of aromatic nitrogens is 6. The summed E-state index contributed by atoms with van der Waals surface area (Å²) in [5.74, 6) is 3.03. The lowest BCUT2D eigenvalue weighted by atomic mass is 9.94. The molecular weight excluding hydrogens is 412 g/mol. The standard InChI is InChI=1S/C22H28N6S2/c1-11(2)15-17-22(30-9-23-17)28-20(25-15)14(6)8-7-13(5)16-18-21(24-10-29-18)27-19(26-16)12(3)4/h9-14H,7-8H2,1-6H3. The van der Waals surface area contributed by atoms with Crippen LogP contribution in [0.5, 0.6) is 0 Å². The van der Waals surface area contributed by atoms with Gasteiger partial charge < -0.3 is 0 Å². The summed E-state index contributed by atoms with van der Waals surface area (Å²) in [5.41, 5.74) is 7.69. The Kier molecular flexibility index (Phi) is 6.06. The van der Waals surface area contributed by atoms with E-state index < -0.39 is 0 Å². The fourth-order valence-corrected chi connectivity index (χ4v) is 5.09. The summed E-state index contributed by atoms with van der Waals surface area (Å²) >= 11 is 3.23. The monoisotopic (exact) mass is 440 g/mol. The average molecular weight is 441 g/mol. The van der Waals surface area contributed by atoms with Crippen molar-refractivity contribution < 1.29 is 0 Å². The lowest BCUT2D eigenvalue weighted by Gasteiger charge is -2.17. The van der Waals surface area contributed by atoms with E-state index in [1.165, 1.54) is 0 Å². The Morgan fingerprint density at radius 2 is 1.40 bits per heavy atom. The Morgan fingerprint density at radius 3 is 2.13 bits per heavy atom. The smallest absolute Gasteiger partial charge is 0.174 e. The number of fused-ring (bicyclic) bond motifs is 2. The Bertz CT molecular complexity index is 1160. The molecule has 0 fully saturated rings. The van der Waals surface area contributed by atoms with Gasteiger partial charge in [0, 0.05) is 17.8 Å². The van der Waals surface area contributed by atoms with Crippen LogP contribution in [0.4, 0.5) is 0 Å². The van der Waals surface area contributed by atoms with E-state index in [1.807, 2.05) is 11.0 Å². The van der Waals surface area contributed by atoms with Gasteiger partial charge in [0.2, 0.25) is 0 Å². The Hall–Kier alpha value is -2.06. The van der Waals surface area contributed by atoms with Crippen molar-refractivity contribution in [2.75, 3.05) is 0 Å². The molecule has 2 atom stereocenters. The summed E-state index contributed by atoms with van der Waals surface area (Å²) in [6.07, 6.45) is 2.02. The predicted octanol–water partition coefficient (Wildman–Crippen LogP) is 6.42. The molecule has 0 bridgehead atoms. The summed E-state index contributed by atoms with van der Waals surface area (Å²) < 4.78 is 1.11. The second-order valence-corrected chi connectivity index (χ2v) is 10.3. The zero-order valence-corrected chi connectivity index (χ0v) is 20.0. The number of hydrogen-bond donors (Lipinski definition) is 0. The lowest BCUT2D eigenvalue weighted by molar-refractivity contribution is 0.547. The Labute approximate surface area is 185 Å². The third-order valence-corrected chi connectivity index (χ3v) is 7.04. The van der Waals surface area contributed by atoms with Gasteiger partial charge in [-0.3, -0.25) is 0 Å². The summed E-state index contributed by atoms with van der Waals surface area (Å²) in [6, 6.07) is 0. The van der Waals surface area contributed by atoms with Gasteiger partial charge >= 0.3 is 0 Å². The maximum Gasteiger partial charge on any atom is 0.174 e. The first kappa shape index (κ1) is 21.2. The van der Waals surface area contributed by atoms with Crippen LogP contribution in [-0.4, -0.2) is 29.9 Å². The van der Waals surface area contributed by atoms with Crippen molar-refractivity contribution in [3.05, 3.63) is 34.1 Å². The van der Waals surface area contributed by atoms with Crippen LogP contribution in [0.3, 0.4) is 0 Å². The van der Waals surface area contributed by atoms with E-state index in [0.29, 0.717) is 11.8 Å². The molecule has 0 aliphatic carbocycles. The Morgan fingerprint density at radius 1 is 0.700 bits per heavy atom. The highest BCUT2D eigenvalue weighted by Crippen LogP contribution is 2.33. The van der Waals surface area contributed by atoms with Crippen LogP contribution in [0.15, 0.2) is 11.0 Å². The molecule has 0 radical (unpaired) electrons. The van der Waals surface area contributed by atoms with Crippen LogP contribution >= 0.6 is 22.7 Å². The average Bonchev–Trinajstić information content (AvgIpc) is 3.38. The van der Waals surface area contributed by atoms with E-state index >= 15 is 0 Å². The molecule has 0 saturated heterocycles. The highest BCUT2D eigenvalue weighted by molar-refractivity contribution is 7.17. The second-order valence-electron chi connectivity index (χ2n) is 8.63. The highest BCUT2D eigenvalue weighted by Gasteiger charge is 2.21. The van der Waals surface area contributed by atoms with Gasteiger partial charge in [0.1, 0.15) is 22.0 Å². The molecule has 0 saturated carbocycles. The van der Waals surface area contributed by atoms with Crippen LogP contribution in [0.1, 0.15) is 101 Å². The van der Waals surface area contributed by atoms with Gasteiger partial charge in [-0.05, 0) is 18.8 Å². The molecule has 4 rings (SSSR count). The third-order valence-electron chi connectivity index (χ3n) is 5.48. The van der Waals surface area contributed by atoms with Gasteiger partial charge in [-0.1, -0.05) is 41.5 Å². The number of thiazole rings is 2. The van der Waals surface area contributed by atoms with E-state index in [2.05, 4.69) is 56.5 Å². The number of hydrogen-bond acceptors (Lipinski definition) is 8. The molecule has 4 aromatic rings. The van der Waals surface area contributed by atoms with Crippen molar-refractivity contribution in [3.63, 3.8) is 0 Å². The zero-order chi connectivity index (χ0) is 21.4. The first-order valence-corrected chi connectivity index (χ1v) is 12.3. The molecular formula is C22H28N6S2. The van der Waals surface area contributed by atoms with Crippen LogP contribution in [0, 0.1) is 0 Å². The maximum absolute atomic E-state index is 4.92. The van der Waals surface area contributed by atoms with E-state index in [9.17, 15) is 0 Å². The fourth-order valence-electron chi connectivity index (χ4n) is 3.58. The van der Waals surface area contributed by atoms with Crippen molar-refractivity contribution >= 4 is 43.4 Å². The largest absolute Gasteiger partial charge is 0.241 e. The SMILES string of the molecule is CC(C)c1nc(C(C)CCC(C)c2nc(C(C)C)c3ncsc3n2)c2scnc2n1. The summed E-state index contributed by atoms with van der Waals surface area (Å²) in [5, 5.41) is 0. The molecule has 30 heavy (non-hydrogen) atoms. The van der Waals surface area contributed by atoms with Crippen molar-refractivity contribution in [2.24, 2.45) is 0 Å². The topological polar surface area (TPSA) is 77.3 Å². The highest BCUT2D eigenvalue weighted by atomic mass is 32.1. The van der Waals surface area contributed by atoms with Gasteiger partial charge in [0.15, 0.2) is 5.65 Å². The number of nitrogens with zero attached hydrogens (tertiary/aromatic N) is 6. The maximum atomic E-state index is 4.92. The first-order valence-electron chi connectivity index (χ1n) is 10.6. The van der Waals surface area contributed by atoms with E-state index in [0.717, 1.165) is 56.6 Å². The van der Waals surface area contributed by atoms with Gasteiger partial charge in [-0.2, -0.15) is 0 Å². The van der Waals surface area contributed by atoms with Gasteiger partial charge in [0.25, 0.3) is 0 Å². The quantitative estimate of drug-likeness (QED) is 0.330. The number of rotatable bonds is 7. The van der Waals surface area contributed by atoms with Crippen LogP contribution in [-0.2, 0) is 0 Å². The fraction of sp³-hybridized carbons (Fsp3) is 0.545. The van der Waals surface area contributed by atoms with E-state index in [4.69, 9.17) is 15.0 Å². The van der Waals surface area contributed by atoms with Gasteiger partial charge in [-0.25, -0.2) is 29.9 Å². The van der Waals surface area contributed by atoms with Crippen molar-refractivity contribution in [3.8, 4) is 0 Å². The summed E-state index contributed by atoms with van der Waals surface area (Å²) in [6.45, 7) is 13.1. The third kappa shape index (κ3) is 4.07. The summed E-state index contributed by atoms with van der Waals surface area (Å²) in [7, 11) is 0. The molecule has 4 aromatic heterocycles. The molecule has 8 heteroatoms. The molecule has 0 aliphatic rings. The zero-order valence-electron chi connectivity index (χ0n) is 18.4. The normalized spacial score (nSPS) is 14.3. The second kappa shape index (κ2) is 8.59. The summed E-state index contributed by atoms with van der Waals surface area (Å²) in [4.78, 5) is 29.2. The first-order chi connectivity index (χ1) is 14.3. The minimum atomic E-state index is 0.278. The molecule has 6 nitrogen and oxygen atoms in total. The van der Waals surface area contributed by atoms with Crippen molar-refractivity contribution in [1.82, 2.24) is 29.9 Å². The lowest BCUT2D eigenvalue weighted by Crippen LogP contribution is -2.08. The minimum Gasteiger partial charge on any atom is -0.241 e. The Balaban J connectivity index is 1.56. The molecule has 0 amide bonds. The van der Waals surface area contributed by atoms with Gasteiger partial charge in [-0.15, -0.1) is 22.7 Å². The van der Waals surface area contributed by atoms with E-state index in [-0.39, 0.29) is 11.8 Å². The van der Waals surface area contributed by atoms with E-state index in [1.54, 1.807) is 22.7 Å². The molecule has 0 aliphatic heterocycles. The molecule has 0 N–H and O–H groups in total. The molecule has 2 unspecified atom stereocenters. The van der Waals surface area contributed by atoms with Crippen molar-refractivity contribution in [1.29, 1.82) is 0 Å². The van der Waals surface area contributed by atoms with Crippen molar-refractivity contribution in [2.45, 2.75) is 78.1 Å². The van der Waals surface area contributed by atoms with Crippen LogP contribution in [0.25, 0.3) is 20.7 Å². The molecule has 0 aromatic carbocycles. The predicted molar refractivity (Wildman–Crippen MR) is 125 cm³/mol. The van der Waals surface area contributed by atoms with Crippen LogP contribution in [0.2, 0.25) is 0 Å². The molecule has 0 spiro atoms. The molecule has 158 valence electrons. The van der Waals surface area contributed by atoms with Gasteiger partial charge in [0.05, 0.1) is 27.1 Å². The minimum absolute atomic E-state index is 0.278. The van der Waals surface area contributed by atoms with Crippen LogP contribution < -0.4 is 0 Å². The molecule has 4 heterocycles.